The summed E-state index contributed by atoms with van der Waals surface area (Å²) in [5.41, 5.74) is 4.43. The summed E-state index contributed by atoms with van der Waals surface area (Å²) in [6, 6.07) is 2.14. The van der Waals surface area contributed by atoms with E-state index in [1.807, 2.05) is 96.9 Å². The standard InChI is InChI=1S/2C17H21N9.Co/c1-9-19-24-15-11(13(17(5,6)7)25-26(9)15)20-22-14-10(18-8)12(21-23-14)16(2,3)4;1-9-19-24-15-11(13(17(5,6)7)25-26(9)15)20-22-14-10(8-18)12(21-23-14)16(2,3)4;/h2*1-7H3;/q2*-2;. The Morgan fingerprint density at radius 2 is 0.981 bits per heavy atom. The Hall–Kier alpha value is -5.53. The van der Waals surface area contributed by atoms with Gasteiger partial charge in [0.1, 0.15) is 6.07 Å². The molecule has 0 aliphatic heterocycles. The topological polar surface area (TPSA) is 220 Å². The summed E-state index contributed by atoms with van der Waals surface area (Å²) in [6.07, 6.45) is 0. The van der Waals surface area contributed by atoms with Crippen LogP contribution in [0.25, 0.3) is 16.1 Å². The molecule has 0 amide bonds. The Bertz CT molecular complexity index is 2230. The van der Waals surface area contributed by atoms with Crippen LogP contribution in [0.15, 0.2) is 20.5 Å². The number of hydrogen-bond donors (Lipinski definition) is 0. The van der Waals surface area contributed by atoms with E-state index in [1.165, 1.54) is 0 Å². The van der Waals surface area contributed by atoms with Crippen LogP contribution in [0.5, 0.6) is 0 Å². The van der Waals surface area contributed by atoms with Gasteiger partial charge in [0.05, 0.1) is 46.3 Å². The summed E-state index contributed by atoms with van der Waals surface area (Å²) in [7, 11) is 0. The second kappa shape index (κ2) is 14.1. The van der Waals surface area contributed by atoms with E-state index in [-0.39, 0.29) is 50.1 Å². The molecule has 6 aromatic heterocycles. The van der Waals surface area contributed by atoms with Crippen LogP contribution in [0, 0.1) is 31.8 Å². The normalized spacial score (nSPS) is 12.8. The van der Waals surface area contributed by atoms with Crippen LogP contribution in [0.3, 0.4) is 0 Å². The molecule has 0 N–H and O–H groups in total. The van der Waals surface area contributed by atoms with Crippen molar-refractivity contribution in [3.63, 3.8) is 0 Å². The summed E-state index contributed by atoms with van der Waals surface area (Å²) in [5, 5.41) is 68.4. The fraction of sp³-hybridized carbons (Fsp3) is 0.529. The van der Waals surface area contributed by atoms with Gasteiger partial charge in [0.2, 0.25) is 5.69 Å². The van der Waals surface area contributed by atoms with Crippen LogP contribution in [0.4, 0.5) is 28.7 Å². The van der Waals surface area contributed by atoms with Gasteiger partial charge in [-0.05, 0) is 30.9 Å². The molecule has 19 heteroatoms. The smallest absolute Gasteiger partial charge is 0.210 e. The van der Waals surface area contributed by atoms with Crippen molar-refractivity contribution in [3.8, 4) is 6.07 Å². The van der Waals surface area contributed by atoms with Gasteiger partial charge < -0.3 is 39.7 Å². The van der Waals surface area contributed by atoms with Gasteiger partial charge in [-0.15, -0.1) is 0 Å². The van der Waals surface area contributed by atoms with Crippen molar-refractivity contribution >= 4 is 40.0 Å². The zero-order valence-electron chi connectivity index (χ0n) is 32.4. The number of aryl methyl sites for hydroxylation is 2. The van der Waals surface area contributed by atoms with E-state index < -0.39 is 0 Å². The first-order chi connectivity index (χ1) is 24.1. The zero-order chi connectivity index (χ0) is 38.6. The van der Waals surface area contributed by atoms with Crippen molar-refractivity contribution in [1.82, 2.24) is 60.0 Å². The first-order valence-electron chi connectivity index (χ1n) is 16.5. The summed E-state index contributed by atoms with van der Waals surface area (Å²) >= 11 is 0. The number of hydrogen-bond acceptors (Lipinski definition) is 11. The van der Waals surface area contributed by atoms with E-state index in [0.29, 0.717) is 57.0 Å². The van der Waals surface area contributed by atoms with Crippen LogP contribution in [0.2, 0.25) is 0 Å². The van der Waals surface area contributed by atoms with Crippen molar-refractivity contribution in [1.29, 1.82) is 5.26 Å². The third kappa shape index (κ3) is 7.81. The van der Waals surface area contributed by atoms with Gasteiger partial charge in [-0.3, -0.25) is 40.8 Å². The van der Waals surface area contributed by atoms with Crippen molar-refractivity contribution in [2.45, 2.75) is 119 Å². The Morgan fingerprint density at radius 1 is 0.585 bits per heavy atom. The molecule has 6 heterocycles. The number of azo groups is 2. The van der Waals surface area contributed by atoms with Gasteiger partial charge in [0.25, 0.3) is 0 Å². The number of nitriles is 1. The summed E-state index contributed by atoms with van der Waals surface area (Å²) in [4.78, 5) is 3.56. The van der Waals surface area contributed by atoms with Crippen LogP contribution < -0.4 is 20.4 Å². The molecule has 0 aliphatic carbocycles. The maximum atomic E-state index is 9.50. The minimum absolute atomic E-state index is 0. The fourth-order valence-electron chi connectivity index (χ4n) is 5.12. The largest absolute Gasteiger partial charge is 0.365 e. The minimum atomic E-state index is -0.304. The average molecular weight is 762 g/mol. The molecule has 0 aliphatic rings. The molecule has 18 nitrogen and oxygen atoms in total. The van der Waals surface area contributed by atoms with Crippen LogP contribution >= 0.6 is 0 Å². The van der Waals surface area contributed by atoms with Gasteiger partial charge in [-0.1, -0.05) is 83.1 Å². The van der Waals surface area contributed by atoms with Gasteiger partial charge in [0, 0.05) is 56.0 Å². The molecule has 0 spiro atoms. The molecule has 281 valence electrons. The molecular formula is C34H42CoN18-4. The molecule has 0 atom stereocenters. The first-order valence-corrected chi connectivity index (χ1v) is 16.5. The van der Waals surface area contributed by atoms with Crippen LogP contribution in [-0.4, -0.2) is 39.6 Å². The molecule has 53 heavy (non-hydrogen) atoms. The van der Waals surface area contributed by atoms with E-state index in [0.717, 1.165) is 11.4 Å². The Morgan fingerprint density at radius 3 is 1.38 bits per heavy atom. The third-order valence-corrected chi connectivity index (χ3v) is 7.81. The number of fused-ring (bicyclic) bond motifs is 2. The predicted molar refractivity (Wildman–Crippen MR) is 191 cm³/mol. The molecule has 0 aromatic carbocycles. The Kier molecular flexibility index (Phi) is 10.7. The molecule has 0 bridgehead atoms. The van der Waals surface area contributed by atoms with Crippen molar-refractivity contribution < 1.29 is 16.8 Å². The molecule has 0 saturated carbocycles. The van der Waals surface area contributed by atoms with Crippen LogP contribution in [0.1, 0.15) is 123 Å². The second-order valence-electron chi connectivity index (χ2n) is 16.5. The predicted octanol–water partition coefficient (Wildman–Crippen LogP) is 7.14. The van der Waals surface area contributed by atoms with E-state index in [1.54, 1.807) is 9.03 Å². The van der Waals surface area contributed by atoms with Crippen molar-refractivity contribution in [3.05, 3.63) is 51.4 Å². The summed E-state index contributed by atoms with van der Waals surface area (Å²) in [5.74, 6) is 1.76. The van der Waals surface area contributed by atoms with Gasteiger partial charge in [0.15, 0.2) is 0 Å². The molecule has 0 fully saturated rings. The molecular weight excluding hydrogens is 719 g/mol. The molecule has 0 saturated heterocycles. The number of aromatic nitrogens is 12. The molecule has 6 rings (SSSR count). The monoisotopic (exact) mass is 761 g/mol. The van der Waals surface area contributed by atoms with E-state index in [9.17, 15) is 5.26 Å². The number of rotatable bonds is 4. The average Bonchev–Trinajstić information content (AvgIpc) is 3.86. The second-order valence-corrected chi connectivity index (χ2v) is 16.5. The van der Waals surface area contributed by atoms with E-state index >= 15 is 0 Å². The maximum absolute atomic E-state index is 9.50. The van der Waals surface area contributed by atoms with Crippen LogP contribution in [-0.2, 0) is 38.4 Å². The Balaban J connectivity index is 0.000000232. The quantitative estimate of drug-likeness (QED) is 0.130. The number of nitrogens with zero attached hydrogens (tertiary/aromatic N) is 18. The first kappa shape index (κ1) is 40.2. The summed E-state index contributed by atoms with van der Waals surface area (Å²) < 4.78 is 3.30. The zero-order valence-corrected chi connectivity index (χ0v) is 33.4. The summed E-state index contributed by atoms with van der Waals surface area (Å²) in [6.45, 7) is 35.2. The molecule has 1 radical (unpaired) electrons. The van der Waals surface area contributed by atoms with Gasteiger partial charge in [-0.2, -0.15) is 5.26 Å². The minimum Gasteiger partial charge on any atom is -0.365 e. The van der Waals surface area contributed by atoms with Gasteiger partial charge >= 0.3 is 0 Å². The molecule has 0 unspecified atom stereocenters. The third-order valence-electron chi connectivity index (χ3n) is 7.81. The van der Waals surface area contributed by atoms with Crippen molar-refractivity contribution in [2.75, 3.05) is 0 Å². The van der Waals surface area contributed by atoms with E-state index in [2.05, 4.69) is 82.4 Å². The maximum Gasteiger partial charge on any atom is 0.210 e. The fourth-order valence-corrected chi connectivity index (χ4v) is 5.12. The van der Waals surface area contributed by atoms with Gasteiger partial charge in [-0.25, -0.2) is 4.85 Å². The Labute approximate surface area is 317 Å². The SMILES string of the molecule is Cc1n[n-]c2c(N=Nc3[n-]nc(C(C)(C)C)c3C#N)c(C(C)(C)C)nn12.[C-]#[N+]c1c(C(C)(C)C)n[n-]c1N=Nc1c(C(C)(C)C)nn2c(C)n[n-]c12.[Co]. The van der Waals surface area contributed by atoms with Crippen molar-refractivity contribution in [2.24, 2.45) is 20.5 Å². The molecule has 6 aromatic rings. The van der Waals surface area contributed by atoms with E-state index in [4.69, 9.17) is 6.57 Å².